The molecule has 102 valence electrons. The molecule has 1 aromatic heterocycles. The van der Waals surface area contributed by atoms with Crippen molar-refractivity contribution in [1.29, 1.82) is 0 Å². The standard InChI is InChI=1S/C12H21N3O3/c1-5-17-11(16)9-14-10(18-15-9)8(7-13)6-12(2,3)4/h8H,5-7,13H2,1-4H3. The summed E-state index contributed by atoms with van der Waals surface area (Å²) >= 11 is 0. The monoisotopic (exact) mass is 255 g/mol. The van der Waals surface area contributed by atoms with Crippen LogP contribution in [0.4, 0.5) is 0 Å². The van der Waals surface area contributed by atoms with Crippen LogP contribution in [0.3, 0.4) is 0 Å². The van der Waals surface area contributed by atoms with Gasteiger partial charge in [-0.15, -0.1) is 0 Å². The van der Waals surface area contributed by atoms with Crippen LogP contribution in [-0.4, -0.2) is 29.3 Å². The average molecular weight is 255 g/mol. The Bertz CT molecular complexity index is 396. The molecule has 0 spiro atoms. The van der Waals surface area contributed by atoms with Crippen LogP contribution < -0.4 is 5.73 Å². The third kappa shape index (κ3) is 4.10. The maximum atomic E-state index is 11.4. The van der Waals surface area contributed by atoms with Crippen LogP contribution in [-0.2, 0) is 4.74 Å². The van der Waals surface area contributed by atoms with E-state index in [9.17, 15) is 4.79 Å². The predicted octanol–water partition coefficient (Wildman–Crippen LogP) is 1.72. The molecular weight excluding hydrogens is 234 g/mol. The fraction of sp³-hybridized carbons (Fsp3) is 0.750. The lowest BCUT2D eigenvalue weighted by Gasteiger charge is -2.22. The summed E-state index contributed by atoms with van der Waals surface area (Å²) in [5.74, 6) is -0.255. The van der Waals surface area contributed by atoms with Crippen LogP contribution in [0.5, 0.6) is 0 Å². The molecule has 0 aromatic carbocycles. The van der Waals surface area contributed by atoms with Crippen molar-refractivity contribution >= 4 is 5.97 Å². The molecule has 0 saturated carbocycles. The fourth-order valence-corrected chi connectivity index (χ4v) is 1.69. The van der Waals surface area contributed by atoms with E-state index in [2.05, 4.69) is 30.9 Å². The van der Waals surface area contributed by atoms with E-state index in [-0.39, 0.29) is 23.8 Å². The Morgan fingerprint density at radius 3 is 2.67 bits per heavy atom. The van der Waals surface area contributed by atoms with Crippen molar-refractivity contribution in [2.24, 2.45) is 11.1 Å². The van der Waals surface area contributed by atoms with Gasteiger partial charge in [-0.1, -0.05) is 20.8 Å². The number of esters is 1. The number of nitrogens with two attached hydrogens (primary N) is 1. The third-order valence-electron chi connectivity index (χ3n) is 2.39. The van der Waals surface area contributed by atoms with Gasteiger partial charge in [0.05, 0.1) is 12.5 Å². The highest BCUT2D eigenvalue weighted by Crippen LogP contribution is 2.29. The highest BCUT2D eigenvalue weighted by atomic mass is 16.5. The molecular formula is C12H21N3O3. The number of aromatic nitrogens is 2. The maximum absolute atomic E-state index is 11.4. The molecule has 0 radical (unpaired) electrons. The molecule has 18 heavy (non-hydrogen) atoms. The fourth-order valence-electron chi connectivity index (χ4n) is 1.69. The van der Waals surface area contributed by atoms with E-state index in [0.717, 1.165) is 6.42 Å². The maximum Gasteiger partial charge on any atom is 0.379 e. The van der Waals surface area contributed by atoms with Crippen molar-refractivity contribution in [3.63, 3.8) is 0 Å². The van der Waals surface area contributed by atoms with Crippen LogP contribution in [0.15, 0.2) is 4.52 Å². The predicted molar refractivity (Wildman–Crippen MR) is 66.1 cm³/mol. The van der Waals surface area contributed by atoms with Crippen molar-refractivity contribution in [2.45, 2.75) is 40.0 Å². The Morgan fingerprint density at radius 2 is 2.17 bits per heavy atom. The molecule has 1 unspecified atom stereocenters. The first-order chi connectivity index (χ1) is 8.37. The molecule has 0 saturated heterocycles. The summed E-state index contributed by atoms with van der Waals surface area (Å²) < 4.78 is 9.89. The Labute approximate surface area is 107 Å². The second-order valence-corrected chi connectivity index (χ2v) is 5.37. The second kappa shape index (κ2) is 5.95. The largest absolute Gasteiger partial charge is 0.460 e. The van der Waals surface area contributed by atoms with Crippen molar-refractivity contribution in [1.82, 2.24) is 10.1 Å². The lowest BCUT2D eigenvalue weighted by atomic mass is 9.84. The molecule has 0 amide bonds. The van der Waals surface area contributed by atoms with Gasteiger partial charge in [-0.2, -0.15) is 4.98 Å². The summed E-state index contributed by atoms with van der Waals surface area (Å²) in [4.78, 5) is 15.5. The van der Waals surface area contributed by atoms with Crippen LogP contribution in [0.25, 0.3) is 0 Å². The van der Waals surface area contributed by atoms with E-state index in [4.69, 9.17) is 15.0 Å². The Hall–Kier alpha value is -1.43. The van der Waals surface area contributed by atoms with Gasteiger partial charge in [0, 0.05) is 6.54 Å². The Balaban J connectivity index is 2.79. The Morgan fingerprint density at radius 1 is 1.50 bits per heavy atom. The van der Waals surface area contributed by atoms with E-state index >= 15 is 0 Å². The van der Waals surface area contributed by atoms with Crippen LogP contribution >= 0.6 is 0 Å². The zero-order valence-electron chi connectivity index (χ0n) is 11.4. The molecule has 6 nitrogen and oxygen atoms in total. The molecule has 2 N–H and O–H groups in total. The van der Waals surface area contributed by atoms with Crippen LogP contribution in [0.1, 0.15) is 56.5 Å². The summed E-state index contributed by atoms with van der Waals surface area (Å²) in [7, 11) is 0. The quantitative estimate of drug-likeness (QED) is 0.805. The minimum atomic E-state index is -0.570. The van der Waals surface area contributed by atoms with E-state index in [1.807, 2.05) is 0 Å². The van der Waals surface area contributed by atoms with Gasteiger partial charge in [0.2, 0.25) is 5.89 Å². The van der Waals surface area contributed by atoms with Crippen molar-refractivity contribution in [3.8, 4) is 0 Å². The second-order valence-electron chi connectivity index (χ2n) is 5.37. The molecule has 1 aromatic rings. The molecule has 1 rings (SSSR count). The molecule has 0 aliphatic heterocycles. The first kappa shape index (κ1) is 14.6. The number of rotatable bonds is 5. The van der Waals surface area contributed by atoms with E-state index < -0.39 is 5.97 Å². The lowest BCUT2D eigenvalue weighted by Crippen LogP contribution is -2.19. The first-order valence-corrected chi connectivity index (χ1v) is 6.08. The van der Waals surface area contributed by atoms with Crippen molar-refractivity contribution < 1.29 is 14.1 Å². The van der Waals surface area contributed by atoms with Gasteiger partial charge in [-0.3, -0.25) is 0 Å². The summed E-state index contributed by atoms with van der Waals surface area (Å²) in [6.07, 6.45) is 0.813. The molecule has 1 heterocycles. The number of hydrogen-bond acceptors (Lipinski definition) is 6. The topological polar surface area (TPSA) is 91.2 Å². The van der Waals surface area contributed by atoms with Gasteiger partial charge in [-0.05, 0) is 23.9 Å². The average Bonchev–Trinajstić information content (AvgIpc) is 2.74. The normalized spacial score (nSPS) is 13.4. The SMILES string of the molecule is CCOC(=O)c1noc(C(CN)CC(C)(C)C)n1. The van der Waals surface area contributed by atoms with Gasteiger partial charge < -0.3 is 15.0 Å². The van der Waals surface area contributed by atoms with Crippen molar-refractivity contribution in [3.05, 3.63) is 11.7 Å². The molecule has 0 aliphatic rings. The van der Waals surface area contributed by atoms with Crippen LogP contribution in [0.2, 0.25) is 0 Å². The zero-order valence-corrected chi connectivity index (χ0v) is 11.4. The van der Waals surface area contributed by atoms with Crippen molar-refractivity contribution in [2.75, 3.05) is 13.2 Å². The lowest BCUT2D eigenvalue weighted by molar-refractivity contribution is 0.0508. The Kier molecular flexibility index (Phi) is 4.84. The van der Waals surface area contributed by atoms with Gasteiger partial charge in [0.25, 0.3) is 5.82 Å². The number of ether oxygens (including phenoxy) is 1. The summed E-state index contributed by atoms with van der Waals surface area (Å²) in [5, 5.41) is 3.62. The van der Waals surface area contributed by atoms with Gasteiger partial charge >= 0.3 is 5.97 Å². The van der Waals surface area contributed by atoms with Gasteiger partial charge in [0.15, 0.2) is 0 Å². The summed E-state index contributed by atoms with van der Waals surface area (Å²) in [6, 6.07) is 0. The third-order valence-corrected chi connectivity index (χ3v) is 2.39. The number of nitrogens with zero attached hydrogens (tertiary/aromatic N) is 2. The molecule has 0 aliphatic carbocycles. The molecule has 1 atom stereocenters. The minimum absolute atomic E-state index is 0.0410. The summed E-state index contributed by atoms with van der Waals surface area (Å²) in [6.45, 7) is 8.74. The number of hydrogen-bond donors (Lipinski definition) is 1. The summed E-state index contributed by atoms with van der Waals surface area (Å²) in [5.41, 5.74) is 5.81. The highest BCUT2D eigenvalue weighted by Gasteiger charge is 2.25. The van der Waals surface area contributed by atoms with Gasteiger partial charge in [0.1, 0.15) is 0 Å². The highest BCUT2D eigenvalue weighted by molar-refractivity contribution is 5.84. The zero-order chi connectivity index (χ0) is 13.8. The smallest absolute Gasteiger partial charge is 0.379 e. The van der Waals surface area contributed by atoms with E-state index in [1.165, 1.54) is 0 Å². The van der Waals surface area contributed by atoms with E-state index in [0.29, 0.717) is 12.4 Å². The minimum Gasteiger partial charge on any atom is -0.460 e. The first-order valence-electron chi connectivity index (χ1n) is 6.08. The molecule has 0 fully saturated rings. The van der Waals surface area contributed by atoms with Crippen LogP contribution in [0, 0.1) is 5.41 Å². The molecule has 6 heteroatoms. The molecule has 0 bridgehead atoms. The van der Waals surface area contributed by atoms with E-state index in [1.54, 1.807) is 6.92 Å². The number of carbonyl (C=O) groups excluding carboxylic acids is 1. The number of carbonyl (C=O) groups is 1. The van der Waals surface area contributed by atoms with Gasteiger partial charge in [-0.25, -0.2) is 4.79 Å².